The van der Waals surface area contributed by atoms with Crippen molar-refractivity contribution in [2.45, 2.75) is 27.7 Å². The van der Waals surface area contributed by atoms with E-state index >= 15 is 0 Å². The maximum Gasteiger partial charge on any atom is 0.166 e. The van der Waals surface area contributed by atoms with E-state index in [0.29, 0.717) is 0 Å². The van der Waals surface area contributed by atoms with Gasteiger partial charge in [0.1, 0.15) is 0 Å². The monoisotopic (exact) mass is 620 g/mol. The summed E-state index contributed by atoms with van der Waals surface area (Å²) in [4.78, 5) is 9.56. The van der Waals surface area contributed by atoms with Gasteiger partial charge in [-0.15, -0.1) is 0 Å². The maximum absolute atomic E-state index is 9.99. The first kappa shape index (κ1) is 25.6. The Balaban J connectivity index is -0.0000000900. The molecule has 0 fully saturated rings. The van der Waals surface area contributed by atoms with Crippen LogP contribution in [0.2, 0.25) is 0 Å². The molecular formula is C10H16I2NO2W-. The third-order valence-corrected chi connectivity index (χ3v) is 0.911. The van der Waals surface area contributed by atoms with Crippen molar-refractivity contribution in [2.24, 2.45) is 0 Å². The van der Waals surface area contributed by atoms with Crippen LogP contribution in [0.25, 0.3) is 0 Å². The fraction of sp³-hybridized carbons (Fsp3) is 0.400. The number of nitro groups is 1. The molecule has 0 aliphatic carbocycles. The summed E-state index contributed by atoms with van der Waals surface area (Å²) in [5.41, 5.74) is 0.105. The Hall–Kier alpha value is 0.768. The van der Waals surface area contributed by atoms with Crippen LogP contribution in [-0.4, -0.2) is 4.92 Å². The van der Waals surface area contributed by atoms with Crippen molar-refractivity contribution in [2.75, 3.05) is 0 Å². The summed E-state index contributed by atoms with van der Waals surface area (Å²) < 4.78 is 0. The molecule has 0 unspecified atom stereocenters. The van der Waals surface area contributed by atoms with Gasteiger partial charge in [-0.3, -0.25) is 10.1 Å². The van der Waals surface area contributed by atoms with E-state index in [0.717, 1.165) is 0 Å². The van der Waals surface area contributed by atoms with Crippen molar-refractivity contribution >= 4 is 42.9 Å². The molecule has 6 heteroatoms. The van der Waals surface area contributed by atoms with Gasteiger partial charge in [-0.1, -0.05) is 39.8 Å². The molecule has 0 aromatic heterocycles. The van der Waals surface area contributed by atoms with Crippen LogP contribution in [-0.2, 0) is 21.1 Å². The summed E-state index contributed by atoms with van der Waals surface area (Å²) in [6, 6.07) is 8.51. The zero-order valence-electron chi connectivity index (χ0n) is 9.74. The van der Waals surface area contributed by atoms with Gasteiger partial charge in [0.25, 0.3) is 0 Å². The summed E-state index contributed by atoms with van der Waals surface area (Å²) in [5, 5.41) is 9.99. The van der Waals surface area contributed by atoms with Crippen molar-refractivity contribution in [1.29, 1.82) is 0 Å². The van der Waals surface area contributed by atoms with Gasteiger partial charge < -0.3 is 0 Å². The zero-order chi connectivity index (χ0) is 12.7. The maximum atomic E-state index is 9.99. The van der Waals surface area contributed by atoms with E-state index in [4.69, 9.17) is 0 Å². The summed E-state index contributed by atoms with van der Waals surface area (Å²) in [7, 11) is 0. The van der Waals surface area contributed by atoms with Crippen molar-refractivity contribution in [3.05, 3.63) is 40.4 Å². The van der Waals surface area contributed by atoms with Gasteiger partial charge in [0.2, 0.25) is 0 Å². The fourth-order valence-electron chi connectivity index (χ4n) is 0.500. The number of nitrogens with zero attached hydrogens (tertiary/aromatic N) is 1. The first-order valence-corrected chi connectivity index (χ1v) is 10.8. The molecule has 1 aromatic rings. The largest absolute Gasteiger partial charge is 0.260 e. The van der Waals surface area contributed by atoms with E-state index in [1.165, 1.54) is 24.3 Å². The normalized spacial score (nSPS) is 6.12. The molecule has 0 aliphatic heterocycles. The van der Waals surface area contributed by atoms with Crippen molar-refractivity contribution < 1.29 is 26.0 Å². The second-order valence-electron chi connectivity index (χ2n) is 1.52. The standard InChI is InChI=1S/C6H4NO2.2C2H6.I2.W/c8-7(9)6-4-2-1-3-5-6;3*1-2;/h2-5H;2*1-2H3;;/q-1;;;;. The van der Waals surface area contributed by atoms with Crippen LogP contribution >= 0.6 is 37.2 Å². The molecular weight excluding hydrogens is 604 g/mol. The average Bonchev–Trinajstić information content (AvgIpc) is 2.38. The zero-order valence-corrected chi connectivity index (χ0v) is 17.0. The number of rotatable bonds is 1. The van der Waals surface area contributed by atoms with E-state index in [-0.39, 0.29) is 26.8 Å². The predicted molar refractivity (Wildman–Crippen MR) is 82.7 cm³/mol. The molecule has 3 nitrogen and oxygen atoms in total. The van der Waals surface area contributed by atoms with Crippen molar-refractivity contribution in [1.82, 2.24) is 0 Å². The Morgan fingerprint density at radius 2 is 1.44 bits per heavy atom. The molecule has 94 valence electrons. The van der Waals surface area contributed by atoms with Crippen LogP contribution in [0.15, 0.2) is 24.3 Å². The van der Waals surface area contributed by atoms with Gasteiger partial charge in [-0.25, -0.2) is 0 Å². The minimum Gasteiger partial charge on any atom is -0.260 e. The summed E-state index contributed by atoms with van der Waals surface area (Å²) >= 11 is 4.24. The number of halogens is 2. The van der Waals surface area contributed by atoms with Gasteiger partial charge in [0, 0.05) is 63.2 Å². The number of nitro benzene ring substituents is 1. The van der Waals surface area contributed by atoms with Crippen molar-refractivity contribution in [3.63, 3.8) is 0 Å². The van der Waals surface area contributed by atoms with Crippen LogP contribution in [0, 0.1) is 16.2 Å². The van der Waals surface area contributed by atoms with Gasteiger partial charge in [-0.2, -0.15) is 18.2 Å². The van der Waals surface area contributed by atoms with E-state index in [1.807, 2.05) is 27.7 Å². The minimum absolute atomic E-state index is 0. The van der Waals surface area contributed by atoms with E-state index in [2.05, 4.69) is 43.3 Å². The van der Waals surface area contributed by atoms with E-state index in [9.17, 15) is 10.1 Å². The molecule has 1 rings (SSSR count). The Bertz CT molecular complexity index is 223. The molecule has 0 aliphatic rings. The van der Waals surface area contributed by atoms with Gasteiger partial charge in [0.05, 0.1) is 0 Å². The molecule has 0 bridgehead atoms. The Labute approximate surface area is 136 Å². The molecule has 16 heavy (non-hydrogen) atoms. The van der Waals surface area contributed by atoms with Crippen LogP contribution in [0.1, 0.15) is 27.7 Å². The van der Waals surface area contributed by atoms with E-state index < -0.39 is 4.92 Å². The van der Waals surface area contributed by atoms with E-state index in [1.54, 1.807) is 0 Å². The second kappa shape index (κ2) is 24.8. The average molecular weight is 620 g/mol. The van der Waals surface area contributed by atoms with Crippen LogP contribution in [0.5, 0.6) is 0 Å². The molecule has 0 saturated carbocycles. The van der Waals surface area contributed by atoms with Crippen LogP contribution < -0.4 is 0 Å². The Morgan fingerprint density at radius 3 is 1.62 bits per heavy atom. The van der Waals surface area contributed by atoms with Gasteiger partial charge in [-0.05, 0) is 0 Å². The molecule has 0 N–H and O–H groups in total. The van der Waals surface area contributed by atoms with Crippen molar-refractivity contribution in [3.8, 4) is 0 Å². The van der Waals surface area contributed by atoms with Crippen LogP contribution in [0.3, 0.4) is 0 Å². The number of non-ortho nitro benzene ring substituents is 1. The second-order valence-corrected chi connectivity index (χ2v) is 1.52. The summed E-state index contributed by atoms with van der Waals surface area (Å²) in [6.45, 7) is 8.00. The van der Waals surface area contributed by atoms with Gasteiger partial charge >= 0.3 is 0 Å². The first-order chi connectivity index (χ1) is 7.30. The van der Waals surface area contributed by atoms with Crippen LogP contribution in [0.4, 0.5) is 5.69 Å². The fourth-order valence-corrected chi connectivity index (χ4v) is 0.500. The Kier molecular flexibility index (Phi) is 39.7. The number of hydrogen-bond donors (Lipinski definition) is 0. The molecule has 0 heterocycles. The quantitative estimate of drug-likeness (QED) is 0.187. The summed E-state index contributed by atoms with van der Waals surface area (Å²) in [6.07, 6.45) is 0. The third-order valence-electron chi connectivity index (χ3n) is 0.911. The predicted octanol–water partition coefficient (Wildman–Crippen LogP) is 5.22. The minimum atomic E-state index is -0.437. The molecule has 0 spiro atoms. The number of benzene rings is 1. The Morgan fingerprint density at radius 1 is 1.12 bits per heavy atom. The molecule has 0 atom stereocenters. The summed E-state index contributed by atoms with van der Waals surface area (Å²) in [5.74, 6) is 0. The first-order valence-electron chi connectivity index (χ1n) is 4.55. The number of hydrogen-bond acceptors (Lipinski definition) is 2. The SMILES string of the molecule is CC.CC.II.O=[N+]([O-])c1cc[c-]cc1.[W]. The molecule has 0 radical (unpaired) electrons. The smallest absolute Gasteiger partial charge is 0.166 e. The molecule has 1 aromatic carbocycles. The molecule has 0 amide bonds. The third kappa shape index (κ3) is 17.2. The topological polar surface area (TPSA) is 43.1 Å². The van der Waals surface area contributed by atoms with Gasteiger partial charge in [0.15, 0.2) is 5.69 Å². The molecule has 0 saturated heterocycles.